The molecule has 106 valence electrons. The van der Waals surface area contributed by atoms with Crippen molar-refractivity contribution < 1.29 is 27.5 Å². The monoisotopic (exact) mass is 297 g/mol. The maximum Gasteiger partial charge on any atom is 0.414 e. The molecule has 0 aliphatic rings. The Morgan fingerprint density at radius 1 is 1.42 bits per heavy atom. The van der Waals surface area contributed by atoms with Crippen molar-refractivity contribution in [2.45, 2.75) is 13.1 Å². The fourth-order valence-corrected chi connectivity index (χ4v) is 1.26. The Balaban J connectivity index is 2.36. The lowest BCUT2D eigenvalue weighted by atomic mass is 10.2. The SMILES string of the molecule is Cc1ccc(Cl)c(OCC(=O)NOCC(F)(F)F)c1. The fraction of sp³-hybridized carbons (Fsp3) is 0.364. The molecule has 1 aromatic rings. The second kappa shape index (κ2) is 6.63. The van der Waals surface area contributed by atoms with Gasteiger partial charge in [-0.3, -0.25) is 9.63 Å². The Morgan fingerprint density at radius 3 is 2.74 bits per heavy atom. The van der Waals surface area contributed by atoms with Crippen molar-refractivity contribution in [2.75, 3.05) is 13.2 Å². The van der Waals surface area contributed by atoms with Gasteiger partial charge in [0, 0.05) is 0 Å². The van der Waals surface area contributed by atoms with E-state index in [1.165, 1.54) is 0 Å². The first kappa shape index (κ1) is 15.6. The van der Waals surface area contributed by atoms with Crippen LogP contribution in [0.1, 0.15) is 5.56 Å². The van der Waals surface area contributed by atoms with Crippen LogP contribution in [0.15, 0.2) is 18.2 Å². The highest BCUT2D eigenvalue weighted by atomic mass is 35.5. The summed E-state index contributed by atoms with van der Waals surface area (Å²) in [6.07, 6.45) is -4.51. The Labute approximate surface area is 112 Å². The lowest BCUT2D eigenvalue weighted by Gasteiger charge is -2.10. The summed E-state index contributed by atoms with van der Waals surface area (Å²) >= 11 is 5.81. The van der Waals surface area contributed by atoms with Crippen molar-refractivity contribution in [3.63, 3.8) is 0 Å². The smallest absolute Gasteiger partial charge is 0.414 e. The van der Waals surface area contributed by atoms with E-state index in [0.717, 1.165) is 5.56 Å². The Bertz CT molecular complexity index is 451. The molecule has 1 aromatic carbocycles. The van der Waals surface area contributed by atoms with Gasteiger partial charge in [-0.05, 0) is 24.6 Å². The first-order chi connectivity index (χ1) is 8.78. The van der Waals surface area contributed by atoms with E-state index in [2.05, 4.69) is 4.84 Å². The number of hydrogen-bond acceptors (Lipinski definition) is 3. The summed E-state index contributed by atoms with van der Waals surface area (Å²) in [5, 5.41) is 0.301. The first-order valence-corrected chi connectivity index (χ1v) is 5.52. The number of hydroxylamine groups is 1. The van der Waals surface area contributed by atoms with E-state index >= 15 is 0 Å². The maximum atomic E-state index is 11.7. The quantitative estimate of drug-likeness (QED) is 0.850. The number of amides is 1. The highest BCUT2D eigenvalue weighted by Crippen LogP contribution is 2.25. The second-order valence-electron chi connectivity index (χ2n) is 3.65. The minimum absolute atomic E-state index is 0.271. The van der Waals surface area contributed by atoms with Gasteiger partial charge >= 0.3 is 6.18 Å². The van der Waals surface area contributed by atoms with Crippen molar-refractivity contribution >= 4 is 17.5 Å². The standard InChI is InChI=1S/C11H11ClF3NO3/c1-7-2-3-8(12)9(4-7)18-5-10(17)16-19-6-11(13,14)15/h2-4H,5-6H2,1H3,(H,16,17). The Kier molecular flexibility index (Phi) is 5.44. The Morgan fingerprint density at radius 2 is 2.11 bits per heavy atom. The summed E-state index contributed by atoms with van der Waals surface area (Å²) in [7, 11) is 0. The second-order valence-corrected chi connectivity index (χ2v) is 4.06. The number of rotatable bonds is 5. The topological polar surface area (TPSA) is 47.6 Å². The molecule has 0 radical (unpaired) electrons. The molecule has 1 rings (SSSR count). The average molecular weight is 298 g/mol. The molecule has 0 saturated carbocycles. The third-order valence-electron chi connectivity index (χ3n) is 1.87. The van der Waals surface area contributed by atoms with Gasteiger partial charge in [0.1, 0.15) is 5.75 Å². The first-order valence-electron chi connectivity index (χ1n) is 5.14. The highest BCUT2D eigenvalue weighted by Gasteiger charge is 2.28. The molecule has 1 amide bonds. The van der Waals surface area contributed by atoms with Crippen molar-refractivity contribution in [3.05, 3.63) is 28.8 Å². The molecule has 0 atom stereocenters. The zero-order valence-corrected chi connectivity index (χ0v) is 10.6. The van der Waals surface area contributed by atoms with Crippen LogP contribution in [0.25, 0.3) is 0 Å². The molecule has 0 heterocycles. The molecule has 0 aliphatic carbocycles. The Hall–Kier alpha value is -1.47. The number of aryl methyl sites for hydroxylation is 1. The third kappa shape index (κ3) is 6.30. The van der Waals surface area contributed by atoms with Crippen LogP contribution in [0.5, 0.6) is 5.75 Å². The van der Waals surface area contributed by atoms with Gasteiger partial charge in [-0.2, -0.15) is 13.2 Å². The van der Waals surface area contributed by atoms with E-state index in [4.69, 9.17) is 16.3 Å². The number of benzene rings is 1. The van der Waals surface area contributed by atoms with Crippen molar-refractivity contribution in [3.8, 4) is 5.75 Å². The lowest BCUT2D eigenvalue weighted by Crippen LogP contribution is -2.32. The summed E-state index contributed by atoms with van der Waals surface area (Å²) in [6.45, 7) is -0.263. The zero-order valence-electron chi connectivity index (χ0n) is 9.88. The summed E-state index contributed by atoms with van der Waals surface area (Å²) < 4.78 is 40.2. The van der Waals surface area contributed by atoms with E-state index in [1.807, 2.05) is 0 Å². The molecule has 0 unspecified atom stereocenters. The van der Waals surface area contributed by atoms with E-state index in [0.29, 0.717) is 5.02 Å². The van der Waals surface area contributed by atoms with Gasteiger partial charge in [-0.1, -0.05) is 17.7 Å². The van der Waals surface area contributed by atoms with E-state index in [1.54, 1.807) is 30.6 Å². The molecule has 0 aromatic heterocycles. The van der Waals surface area contributed by atoms with Crippen LogP contribution in [-0.4, -0.2) is 25.3 Å². The molecule has 0 fully saturated rings. The van der Waals surface area contributed by atoms with Crippen LogP contribution >= 0.6 is 11.6 Å². The summed E-state index contributed by atoms with van der Waals surface area (Å²) in [4.78, 5) is 15.1. The average Bonchev–Trinajstić information content (AvgIpc) is 2.28. The molecular formula is C11H11ClF3NO3. The van der Waals surface area contributed by atoms with Gasteiger partial charge in [0.15, 0.2) is 13.2 Å². The van der Waals surface area contributed by atoms with Gasteiger partial charge < -0.3 is 4.74 Å². The summed E-state index contributed by atoms with van der Waals surface area (Å²) in [5.41, 5.74) is 2.49. The lowest BCUT2D eigenvalue weighted by molar-refractivity contribution is -0.192. The number of alkyl halides is 3. The number of nitrogens with one attached hydrogen (secondary N) is 1. The molecule has 1 N–H and O–H groups in total. The van der Waals surface area contributed by atoms with E-state index < -0.39 is 25.3 Å². The van der Waals surface area contributed by atoms with E-state index in [9.17, 15) is 18.0 Å². The molecule has 0 aliphatic heterocycles. The highest BCUT2D eigenvalue weighted by molar-refractivity contribution is 6.32. The summed E-state index contributed by atoms with van der Waals surface area (Å²) in [5.74, 6) is -0.575. The van der Waals surface area contributed by atoms with Crippen molar-refractivity contribution in [1.82, 2.24) is 5.48 Å². The van der Waals surface area contributed by atoms with Crippen molar-refractivity contribution in [2.24, 2.45) is 0 Å². The number of carbonyl (C=O) groups is 1. The van der Waals surface area contributed by atoms with Crippen LogP contribution in [0.3, 0.4) is 0 Å². The summed E-state index contributed by atoms with van der Waals surface area (Å²) in [6, 6.07) is 4.94. The van der Waals surface area contributed by atoms with Gasteiger partial charge in [0.2, 0.25) is 0 Å². The van der Waals surface area contributed by atoms with Crippen LogP contribution in [0.2, 0.25) is 5.02 Å². The fourth-order valence-electron chi connectivity index (χ4n) is 1.09. The molecule has 0 spiro atoms. The van der Waals surface area contributed by atoms with Gasteiger partial charge in [0.25, 0.3) is 5.91 Å². The van der Waals surface area contributed by atoms with Gasteiger partial charge in [-0.25, -0.2) is 5.48 Å². The molecule has 8 heteroatoms. The zero-order chi connectivity index (χ0) is 14.5. The third-order valence-corrected chi connectivity index (χ3v) is 2.18. The minimum Gasteiger partial charge on any atom is -0.482 e. The van der Waals surface area contributed by atoms with Gasteiger partial charge in [-0.15, -0.1) is 0 Å². The van der Waals surface area contributed by atoms with Crippen LogP contribution in [0.4, 0.5) is 13.2 Å². The van der Waals surface area contributed by atoms with E-state index in [-0.39, 0.29) is 5.75 Å². The normalized spacial score (nSPS) is 11.2. The molecule has 4 nitrogen and oxygen atoms in total. The molecule has 0 bridgehead atoms. The molecular weight excluding hydrogens is 287 g/mol. The largest absolute Gasteiger partial charge is 0.482 e. The molecule has 19 heavy (non-hydrogen) atoms. The number of carbonyl (C=O) groups excluding carboxylic acids is 1. The number of hydrogen-bond donors (Lipinski definition) is 1. The number of halogens is 4. The predicted molar refractivity (Wildman–Crippen MR) is 61.8 cm³/mol. The van der Waals surface area contributed by atoms with Crippen LogP contribution in [-0.2, 0) is 9.63 Å². The molecule has 0 saturated heterocycles. The predicted octanol–water partition coefficient (Wildman–Crippen LogP) is 2.64. The minimum atomic E-state index is -4.51. The maximum absolute atomic E-state index is 11.7. The van der Waals surface area contributed by atoms with Crippen LogP contribution in [0, 0.1) is 6.92 Å². The van der Waals surface area contributed by atoms with Gasteiger partial charge in [0.05, 0.1) is 5.02 Å². The number of ether oxygens (including phenoxy) is 1. The van der Waals surface area contributed by atoms with Crippen molar-refractivity contribution in [1.29, 1.82) is 0 Å². The van der Waals surface area contributed by atoms with Crippen LogP contribution < -0.4 is 10.2 Å².